The van der Waals surface area contributed by atoms with Crippen LogP contribution in [0.2, 0.25) is 0 Å². The van der Waals surface area contributed by atoms with Gasteiger partial charge in [-0.15, -0.1) is 0 Å². The first-order valence-electron chi connectivity index (χ1n) is 9.22. The van der Waals surface area contributed by atoms with E-state index in [0.29, 0.717) is 6.61 Å². The predicted molar refractivity (Wildman–Crippen MR) is 94.1 cm³/mol. The van der Waals surface area contributed by atoms with Crippen LogP contribution in [0.25, 0.3) is 0 Å². The van der Waals surface area contributed by atoms with Gasteiger partial charge in [-0.05, 0) is 19.9 Å². The molecule has 1 atom stereocenters. The highest BCUT2D eigenvalue weighted by atomic mass is 16.5. The molecule has 4 heterocycles. The first kappa shape index (κ1) is 17.1. The quantitative estimate of drug-likeness (QED) is 0.795. The summed E-state index contributed by atoms with van der Waals surface area (Å²) < 4.78 is 16.7. The van der Waals surface area contributed by atoms with Crippen LogP contribution in [-0.2, 0) is 26.2 Å². The number of hydrogen-bond donors (Lipinski definition) is 0. The minimum absolute atomic E-state index is 0.00391. The lowest BCUT2D eigenvalue weighted by molar-refractivity contribution is 0.0486. The summed E-state index contributed by atoms with van der Waals surface area (Å²) in [6, 6.07) is 0. The van der Waals surface area contributed by atoms with E-state index in [9.17, 15) is 0 Å². The molecule has 4 rings (SSSR count). The third kappa shape index (κ3) is 3.26. The lowest BCUT2D eigenvalue weighted by Gasteiger charge is -2.36. The molecule has 2 fully saturated rings. The number of anilines is 1. The third-order valence-corrected chi connectivity index (χ3v) is 5.67. The molecule has 2 saturated heterocycles. The minimum Gasteiger partial charge on any atom is -0.383 e. The summed E-state index contributed by atoms with van der Waals surface area (Å²) in [7, 11) is 1.76. The maximum absolute atomic E-state index is 5.98. The van der Waals surface area contributed by atoms with E-state index in [2.05, 4.69) is 16.7 Å². The van der Waals surface area contributed by atoms with Crippen molar-refractivity contribution in [1.29, 1.82) is 0 Å². The van der Waals surface area contributed by atoms with Gasteiger partial charge in [-0.1, -0.05) is 0 Å². The van der Waals surface area contributed by atoms with Gasteiger partial charge in [0.15, 0.2) is 0 Å². The van der Waals surface area contributed by atoms with Crippen LogP contribution < -0.4 is 4.90 Å². The molecule has 0 bridgehead atoms. The molecule has 138 valence electrons. The summed E-state index contributed by atoms with van der Waals surface area (Å²) in [5.74, 6) is 0.858. The average molecular weight is 348 g/mol. The molecule has 0 saturated carbocycles. The maximum Gasteiger partial charge on any atom is 0.225 e. The Hall–Kier alpha value is -1.28. The molecule has 1 aromatic heterocycles. The molecular weight excluding hydrogens is 320 g/mol. The Labute approximate surface area is 149 Å². The van der Waals surface area contributed by atoms with E-state index in [-0.39, 0.29) is 5.41 Å². The molecule has 25 heavy (non-hydrogen) atoms. The fourth-order valence-corrected chi connectivity index (χ4v) is 4.19. The summed E-state index contributed by atoms with van der Waals surface area (Å²) in [5, 5.41) is 0. The van der Waals surface area contributed by atoms with Crippen molar-refractivity contribution in [2.24, 2.45) is 0 Å². The van der Waals surface area contributed by atoms with E-state index >= 15 is 0 Å². The zero-order valence-electron chi connectivity index (χ0n) is 15.3. The van der Waals surface area contributed by atoms with Gasteiger partial charge < -0.3 is 19.1 Å². The molecule has 0 amide bonds. The van der Waals surface area contributed by atoms with Crippen LogP contribution in [0.3, 0.4) is 0 Å². The SMILES string of the molecule is COCCN1CCC2(COCc3c(C)nc(N4CCOCC4)nc32)C1. The molecule has 7 heteroatoms. The number of rotatable bonds is 4. The van der Waals surface area contributed by atoms with E-state index in [1.54, 1.807) is 7.11 Å². The molecule has 3 aliphatic heterocycles. The number of ether oxygens (including phenoxy) is 3. The Morgan fingerprint density at radius 1 is 1.16 bits per heavy atom. The fraction of sp³-hybridized carbons (Fsp3) is 0.778. The summed E-state index contributed by atoms with van der Waals surface area (Å²) >= 11 is 0. The molecule has 0 N–H and O–H groups in total. The summed E-state index contributed by atoms with van der Waals surface area (Å²) in [4.78, 5) is 14.6. The minimum atomic E-state index is -0.00391. The van der Waals surface area contributed by atoms with Gasteiger partial charge in [-0.2, -0.15) is 0 Å². The van der Waals surface area contributed by atoms with Crippen molar-refractivity contribution in [2.45, 2.75) is 25.4 Å². The van der Waals surface area contributed by atoms with Gasteiger partial charge in [-0.3, -0.25) is 4.90 Å². The molecule has 1 spiro atoms. The Bertz CT molecular complexity index is 621. The highest BCUT2D eigenvalue weighted by Crippen LogP contribution is 2.40. The first-order valence-corrected chi connectivity index (χ1v) is 9.22. The number of aryl methyl sites for hydroxylation is 1. The van der Waals surface area contributed by atoms with Gasteiger partial charge in [0.25, 0.3) is 0 Å². The van der Waals surface area contributed by atoms with E-state index in [0.717, 1.165) is 77.2 Å². The zero-order chi connectivity index (χ0) is 17.3. The van der Waals surface area contributed by atoms with E-state index in [1.165, 1.54) is 11.3 Å². The van der Waals surface area contributed by atoms with Crippen LogP contribution in [0.15, 0.2) is 0 Å². The summed E-state index contributed by atoms with van der Waals surface area (Å²) in [6.07, 6.45) is 1.09. The van der Waals surface area contributed by atoms with Crippen LogP contribution in [0.4, 0.5) is 5.95 Å². The number of aromatic nitrogens is 2. The van der Waals surface area contributed by atoms with Crippen LogP contribution in [-0.4, -0.2) is 81.1 Å². The molecule has 3 aliphatic rings. The van der Waals surface area contributed by atoms with Crippen LogP contribution in [0.1, 0.15) is 23.4 Å². The normalized spacial score (nSPS) is 27.0. The highest BCUT2D eigenvalue weighted by Gasteiger charge is 2.45. The molecule has 1 unspecified atom stereocenters. The van der Waals surface area contributed by atoms with Crippen molar-refractivity contribution in [2.75, 3.05) is 71.2 Å². The third-order valence-electron chi connectivity index (χ3n) is 5.67. The number of fused-ring (bicyclic) bond motifs is 2. The second-order valence-electron chi connectivity index (χ2n) is 7.33. The van der Waals surface area contributed by atoms with Gasteiger partial charge in [0, 0.05) is 44.5 Å². The van der Waals surface area contributed by atoms with Crippen LogP contribution in [0.5, 0.6) is 0 Å². The van der Waals surface area contributed by atoms with Crippen LogP contribution in [0, 0.1) is 6.92 Å². The number of morpholine rings is 1. The smallest absolute Gasteiger partial charge is 0.225 e. The van der Waals surface area contributed by atoms with Crippen molar-refractivity contribution in [3.05, 3.63) is 17.0 Å². The van der Waals surface area contributed by atoms with Gasteiger partial charge in [0.1, 0.15) is 0 Å². The van der Waals surface area contributed by atoms with Crippen molar-refractivity contribution < 1.29 is 14.2 Å². The largest absolute Gasteiger partial charge is 0.383 e. The monoisotopic (exact) mass is 348 g/mol. The molecule has 0 radical (unpaired) electrons. The van der Waals surface area contributed by atoms with Crippen molar-refractivity contribution in [3.8, 4) is 0 Å². The molecule has 0 aromatic carbocycles. The number of likely N-dealkylation sites (tertiary alicyclic amines) is 1. The maximum atomic E-state index is 5.98. The lowest BCUT2D eigenvalue weighted by Crippen LogP contribution is -2.43. The van der Waals surface area contributed by atoms with Gasteiger partial charge >= 0.3 is 0 Å². The lowest BCUT2D eigenvalue weighted by atomic mass is 9.80. The van der Waals surface area contributed by atoms with Crippen LogP contribution >= 0.6 is 0 Å². The second-order valence-corrected chi connectivity index (χ2v) is 7.33. The Balaban J connectivity index is 1.64. The number of nitrogens with zero attached hydrogens (tertiary/aromatic N) is 4. The van der Waals surface area contributed by atoms with Gasteiger partial charge in [-0.25, -0.2) is 9.97 Å². The fourth-order valence-electron chi connectivity index (χ4n) is 4.19. The zero-order valence-corrected chi connectivity index (χ0v) is 15.3. The predicted octanol–water partition coefficient (Wildman–Crippen LogP) is 0.742. The molecule has 1 aromatic rings. The number of methoxy groups -OCH3 is 1. The van der Waals surface area contributed by atoms with Gasteiger partial charge in [0.05, 0.1) is 44.1 Å². The molecular formula is C18H28N4O3. The Kier molecular flexibility index (Phi) is 4.90. The average Bonchev–Trinajstić information content (AvgIpc) is 3.05. The van der Waals surface area contributed by atoms with E-state index in [1.807, 2.05) is 0 Å². The number of hydrogen-bond acceptors (Lipinski definition) is 7. The second kappa shape index (κ2) is 7.15. The highest BCUT2D eigenvalue weighted by molar-refractivity contribution is 5.42. The van der Waals surface area contributed by atoms with Crippen molar-refractivity contribution in [1.82, 2.24) is 14.9 Å². The van der Waals surface area contributed by atoms with Crippen molar-refractivity contribution >= 4 is 5.95 Å². The van der Waals surface area contributed by atoms with Gasteiger partial charge in [0.2, 0.25) is 5.95 Å². The van der Waals surface area contributed by atoms with E-state index in [4.69, 9.17) is 24.2 Å². The van der Waals surface area contributed by atoms with Crippen molar-refractivity contribution in [3.63, 3.8) is 0 Å². The first-order chi connectivity index (χ1) is 12.2. The summed E-state index contributed by atoms with van der Waals surface area (Å²) in [5.41, 5.74) is 3.46. The standard InChI is InChI=1S/C18H28N4O3/c1-14-15-11-25-13-18(3-4-21(12-18)5-8-23-2)16(15)20-17(19-14)22-6-9-24-10-7-22/h3-13H2,1-2H3. The summed E-state index contributed by atoms with van der Waals surface area (Å²) in [6.45, 7) is 10.5. The molecule has 7 nitrogen and oxygen atoms in total. The van der Waals surface area contributed by atoms with E-state index < -0.39 is 0 Å². The molecule has 0 aliphatic carbocycles. The Morgan fingerprint density at radius 3 is 2.80 bits per heavy atom. The Morgan fingerprint density at radius 2 is 2.00 bits per heavy atom. The topological polar surface area (TPSA) is 60.0 Å².